The fourth-order valence-electron chi connectivity index (χ4n) is 2.23. The first-order valence-electron chi connectivity index (χ1n) is 7.40. The molecule has 0 aliphatic carbocycles. The van der Waals surface area contributed by atoms with Gasteiger partial charge < -0.3 is 4.42 Å². The van der Waals surface area contributed by atoms with Crippen molar-refractivity contribution in [3.05, 3.63) is 64.1 Å². The molecule has 0 radical (unpaired) electrons. The van der Waals surface area contributed by atoms with Crippen molar-refractivity contribution < 1.29 is 9.21 Å². The van der Waals surface area contributed by atoms with Crippen molar-refractivity contribution in [2.45, 2.75) is 24.3 Å². The summed E-state index contributed by atoms with van der Waals surface area (Å²) in [5.41, 5.74) is 2.64. The minimum absolute atomic E-state index is 0.0307. The van der Waals surface area contributed by atoms with Crippen LogP contribution in [0.5, 0.6) is 0 Å². The Morgan fingerprint density at radius 3 is 2.54 bits per heavy atom. The van der Waals surface area contributed by atoms with Crippen molar-refractivity contribution in [3.8, 4) is 11.5 Å². The third kappa shape index (κ3) is 3.76. The molecule has 0 spiro atoms. The van der Waals surface area contributed by atoms with Crippen molar-refractivity contribution >= 4 is 33.5 Å². The minimum atomic E-state index is -0.309. The molecule has 0 saturated heterocycles. The highest BCUT2D eigenvalue weighted by molar-refractivity contribution is 9.10. The van der Waals surface area contributed by atoms with Gasteiger partial charge in [-0.3, -0.25) is 4.79 Å². The van der Waals surface area contributed by atoms with Gasteiger partial charge in [0.1, 0.15) is 0 Å². The average molecular weight is 403 g/mol. The number of rotatable bonds is 5. The van der Waals surface area contributed by atoms with Crippen LogP contribution in [0.25, 0.3) is 11.5 Å². The second kappa shape index (κ2) is 7.32. The lowest BCUT2D eigenvalue weighted by Crippen LogP contribution is -2.13. The van der Waals surface area contributed by atoms with Gasteiger partial charge in [0.25, 0.3) is 5.22 Å². The van der Waals surface area contributed by atoms with Crippen LogP contribution in [0.15, 0.2) is 62.6 Å². The smallest absolute Gasteiger partial charge is 0.277 e. The Bertz CT molecular complexity index is 861. The number of aromatic nitrogens is 2. The Kier molecular flexibility index (Phi) is 5.16. The second-order valence-corrected chi connectivity index (χ2v) is 7.53. The highest BCUT2D eigenvalue weighted by Gasteiger charge is 2.20. The largest absolute Gasteiger partial charge is 0.411 e. The van der Waals surface area contributed by atoms with E-state index >= 15 is 0 Å². The third-order valence-electron chi connectivity index (χ3n) is 3.56. The van der Waals surface area contributed by atoms with Crippen molar-refractivity contribution in [2.24, 2.45) is 0 Å². The molecule has 0 amide bonds. The maximum absolute atomic E-state index is 12.5. The molecule has 0 bridgehead atoms. The van der Waals surface area contributed by atoms with E-state index in [0.717, 1.165) is 15.6 Å². The quantitative estimate of drug-likeness (QED) is 0.435. The maximum Gasteiger partial charge on any atom is 0.277 e. The standard InChI is InChI=1S/C18H15BrN2O2S/c1-11-5-3-4-6-15(11)17-20-21-18(23-17)24-12(2)16(22)13-7-9-14(19)10-8-13/h3-10,12H,1-2H3/t12-/m0/s1. The topological polar surface area (TPSA) is 56.0 Å². The number of carbonyl (C=O) groups excluding carboxylic acids is 1. The van der Waals surface area contributed by atoms with Gasteiger partial charge in [0.2, 0.25) is 5.89 Å². The van der Waals surface area contributed by atoms with E-state index in [4.69, 9.17) is 4.42 Å². The highest BCUT2D eigenvalue weighted by Crippen LogP contribution is 2.29. The van der Waals surface area contributed by atoms with Crippen molar-refractivity contribution in [1.82, 2.24) is 10.2 Å². The van der Waals surface area contributed by atoms with E-state index in [9.17, 15) is 4.79 Å². The Morgan fingerprint density at radius 2 is 1.83 bits per heavy atom. The van der Waals surface area contributed by atoms with E-state index in [1.54, 1.807) is 12.1 Å². The lowest BCUT2D eigenvalue weighted by atomic mass is 10.1. The Balaban J connectivity index is 1.73. The molecule has 2 aromatic carbocycles. The average Bonchev–Trinajstić information content (AvgIpc) is 3.03. The van der Waals surface area contributed by atoms with Crippen LogP contribution >= 0.6 is 27.7 Å². The first-order chi connectivity index (χ1) is 11.5. The lowest BCUT2D eigenvalue weighted by Gasteiger charge is -2.07. The summed E-state index contributed by atoms with van der Waals surface area (Å²) >= 11 is 4.64. The summed E-state index contributed by atoms with van der Waals surface area (Å²) in [5, 5.41) is 8.23. The predicted octanol–water partition coefficient (Wildman–Crippen LogP) is 5.17. The van der Waals surface area contributed by atoms with E-state index in [2.05, 4.69) is 26.1 Å². The molecule has 1 heterocycles. The first kappa shape index (κ1) is 16.9. The number of halogens is 1. The van der Waals surface area contributed by atoms with Gasteiger partial charge in [-0.25, -0.2) is 0 Å². The maximum atomic E-state index is 12.5. The Morgan fingerprint density at radius 1 is 1.12 bits per heavy atom. The van der Waals surface area contributed by atoms with E-state index in [0.29, 0.717) is 16.7 Å². The molecule has 0 fully saturated rings. The van der Waals surface area contributed by atoms with Gasteiger partial charge in [-0.15, -0.1) is 10.2 Å². The van der Waals surface area contributed by atoms with Gasteiger partial charge in [-0.1, -0.05) is 58.0 Å². The predicted molar refractivity (Wildman–Crippen MR) is 98.3 cm³/mol. The van der Waals surface area contributed by atoms with Crippen LogP contribution < -0.4 is 0 Å². The number of nitrogens with zero attached hydrogens (tertiary/aromatic N) is 2. The van der Waals surface area contributed by atoms with E-state index < -0.39 is 0 Å². The van der Waals surface area contributed by atoms with Gasteiger partial charge in [-0.2, -0.15) is 0 Å². The summed E-state index contributed by atoms with van der Waals surface area (Å²) in [6.07, 6.45) is 0. The molecule has 1 atom stereocenters. The summed E-state index contributed by atoms with van der Waals surface area (Å²) in [7, 11) is 0. The number of thioether (sulfide) groups is 1. The molecule has 122 valence electrons. The van der Waals surface area contributed by atoms with Gasteiger partial charge in [0.15, 0.2) is 5.78 Å². The van der Waals surface area contributed by atoms with Crippen LogP contribution in [-0.4, -0.2) is 21.2 Å². The number of hydrogen-bond acceptors (Lipinski definition) is 5. The summed E-state index contributed by atoms with van der Waals surface area (Å²) in [4.78, 5) is 12.5. The fraction of sp³-hybridized carbons (Fsp3) is 0.167. The SMILES string of the molecule is Cc1ccccc1-c1nnc(S[C@@H](C)C(=O)c2ccc(Br)cc2)o1. The number of Topliss-reactive ketones (excluding diaryl/α,β-unsaturated/α-hetero) is 1. The molecule has 0 N–H and O–H groups in total. The van der Waals surface area contributed by atoms with Crippen LogP contribution in [0.3, 0.4) is 0 Å². The molecule has 0 aliphatic heterocycles. The summed E-state index contributed by atoms with van der Waals surface area (Å²) in [5.74, 6) is 0.502. The second-order valence-electron chi connectivity index (χ2n) is 5.32. The molecule has 6 heteroatoms. The molecule has 3 rings (SSSR count). The number of carbonyl (C=O) groups is 1. The number of hydrogen-bond donors (Lipinski definition) is 0. The number of benzene rings is 2. The molecule has 3 aromatic rings. The molecule has 24 heavy (non-hydrogen) atoms. The normalized spacial score (nSPS) is 12.1. The van der Waals surface area contributed by atoms with E-state index in [1.807, 2.05) is 50.2 Å². The van der Waals surface area contributed by atoms with Crippen LogP contribution in [-0.2, 0) is 0 Å². The lowest BCUT2D eigenvalue weighted by molar-refractivity contribution is 0.0993. The zero-order valence-corrected chi connectivity index (χ0v) is 15.6. The van der Waals surface area contributed by atoms with Crippen LogP contribution in [0.1, 0.15) is 22.8 Å². The number of ketones is 1. The van der Waals surface area contributed by atoms with Crippen molar-refractivity contribution in [2.75, 3.05) is 0 Å². The van der Waals surface area contributed by atoms with Crippen molar-refractivity contribution in [3.63, 3.8) is 0 Å². The van der Waals surface area contributed by atoms with E-state index in [-0.39, 0.29) is 11.0 Å². The molecular formula is C18H15BrN2O2S. The zero-order chi connectivity index (χ0) is 17.1. The molecule has 4 nitrogen and oxygen atoms in total. The van der Waals surface area contributed by atoms with Gasteiger partial charge in [0, 0.05) is 15.6 Å². The summed E-state index contributed by atoms with van der Waals surface area (Å²) in [6, 6.07) is 15.1. The zero-order valence-electron chi connectivity index (χ0n) is 13.2. The van der Waals surface area contributed by atoms with Crippen LogP contribution in [0, 0.1) is 6.92 Å². The summed E-state index contributed by atoms with van der Waals surface area (Å²) in [6.45, 7) is 3.83. The first-order valence-corrected chi connectivity index (χ1v) is 9.08. The van der Waals surface area contributed by atoms with Crippen LogP contribution in [0.4, 0.5) is 0 Å². The fourth-order valence-corrected chi connectivity index (χ4v) is 3.26. The highest BCUT2D eigenvalue weighted by atomic mass is 79.9. The Labute approximate surface area is 152 Å². The molecule has 0 unspecified atom stereocenters. The molecule has 1 aromatic heterocycles. The van der Waals surface area contributed by atoms with Crippen LogP contribution in [0.2, 0.25) is 0 Å². The van der Waals surface area contributed by atoms with Gasteiger partial charge in [0.05, 0.1) is 5.25 Å². The number of aryl methyl sites for hydroxylation is 1. The third-order valence-corrected chi connectivity index (χ3v) is 5.02. The van der Waals surface area contributed by atoms with E-state index in [1.165, 1.54) is 11.8 Å². The molecule has 0 saturated carbocycles. The Hall–Kier alpha value is -1.92. The summed E-state index contributed by atoms with van der Waals surface area (Å²) < 4.78 is 6.65. The van der Waals surface area contributed by atoms with Gasteiger partial charge in [-0.05, 0) is 37.6 Å². The van der Waals surface area contributed by atoms with Crippen molar-refractivity contribution in [1.29, 1.82) is 0 Å². The minimum Gasteiger partial charge on any atom is -0.411 e. The monoisotopic (exact) mass is 402 g/mol. The van der Waals surface area contributed by atoms with Gasteiger partial charge >= 0.3 is 0 Å². The molecular weight excluding hydrogens is 388 g/mol. The molecule has 0 aliphatic rings.